The summed E-state index contributed by atoms with van der Waals surface area (Å²) in [6, 6.07) is 12.6. The van der Waals surface area contributed by atoms with E-state index >= 15 is 0 Å². The number of hydrogen-bond donors (Lipinski definition) is 0. The number of carbonyl (C=O) groups is 1. The molecule has 0 N–H and O–H groups in total. The summed E-state index contributed by atoms with van der Waals surface area (Å²) in [6.45, 7) is 6.33. The molecule has 3 aromatic rings. The first-order valence-electron chi connectivity index (χ1n) is 11.3. The number of amides is 1. The Morgan fingerprint density at radius 2 is 2.09 bits per heavy atom. The van der Waals surface area contributed by atoms with Crippen molar-refractivity contribution in [1.29, 1.82) is 0 Å². The molecule has 0 aliphatic carbocycles. The largest absolute Gasteiger partial charge is 0.361 e. The first kappa shape index (κ1) is 21.6. The normalized spacial score (nSPS) is 23.6. The maximum Gasteiger partial charge on any atom is 0.250 e. The fourth-order valence-corrected chi connectivity index (χ4v) is 5.23. The summed E-state index contributed by atoms with van der Waals surface area (Å²) < 4.78 is 19.3. The smallest absolute Gasteiger partial charge is 0.250 e. The highest BCUT2D eigenvalue weighted by molar-refractivity contribution is 5.93. The molecule has 0 radical (unpaired) electrons. The lowest BCUT2D eigenvalue weighted by Gasteiger charge is -2.46. The number of aryl methyl sites for hydroxylation is 1. The number of piperidine rings is 1. The van der Waals surface area contributed by atoms with Crippen LogP contribution >= 0.6 is 0 Å². The van der Waals surface area contributed by atoms with Gasteiger partial charge in [-0.2, -0.15) is 0 Å². The van der Waals surface area contributed by atoms with E-state index in [4.69, 9.17) is 4.52 Å². The maximum atomic E-state index is 14.1. The number of pyridine rings is 1. The Labute approximate surface area is 192 Å². The second kappa shape index (κ2) is 8.59. The molecule has 8 heteroatoms. The Kier molecular flexibility index (Phi) is 5.62. The van der Waals surface area contributed by atoms with Gasteiger partial charge in [-0.05, 0) is 56.5 Å². The fourth-order valence-electron chi connectivity index (χ4n) is 5.23. The zero-order chi connectivity index (χ0) is 23.0. The molecular formula is C25H28FN5O2. The van der Waals surface area contributed by atoms with Crippen molar-refractivity contribution in [2.24, 2.45) is 0 Å². The Hall–Kier alpha value is -3.26. The molecule has 1 aromatic carbocycles. The van der Waals surface area contributed by atoms with Gasteiger partial charge in [-0.3, -0.25) is 14.7 Å². The third-order valence-corrected chi connectivity index (χ3v) is 6.84. The summed E-state index contributed by atoms with van der Waals surface area (Å²) in [5, 5.41) is 4.07. The average molecular weight is 450 g/mol. The second-order valence-corrected chi connectivity index (χ2v) is 9.15. The standard InChI is InChI=1S/C25H28FN5O2/c1-18-13-25(8-10-29(18)15-20-5-4-9-27-14-20)24(32)30(16-22-11-19(2)33-28-22)17-31(25)23-7-3-6-21(26)12-23/h3-7,9,11-12,14,18H,8,10,13,15-17H2,1-2H3/t18-,25?/m0/s1. The van der Waals surface area contributed by atoms with E-state index in [2.05, 4.69) is 32.9 Å². The molecule has 1 unspecified atom stereocenters. The fraction of sp³-hybridized carbons (Fsp3) is 0.400. The molecule has 4 heterocycles. The molecule has 0 saturated carbocycles. The van der Waals surface area contributed by atoms with Crippen LogP contribution in [0.2, 0.25) is 0 Å². The van der Waals surface area contributed by atoms with E-state index in [0.29, 0.717) is 31.8 Å². The molecule has 7 nitrogen and oxygen atoms in total. The number of aromatic nitrogens is 2. The number of carbonyl (C=O) groups excluding carboxylic acids is 1. The second-order valence-electron chi connectivity index (χ2n) is 9.15. The van der Waals surface area contributed by atoms with E-state index in [1.807, 2.05) is 36.2 Å². The molecule has 1 amide bonds. The van der Waals surface area contributed by atoms with Crippen LogP contribution < -0.4 is 4.90 Å². The minimum absolute atomic E-state index is 0.0697. The van der Waals surface area contributed by atoms with Gasteiger partial charge >= 0.3 is 0 Å². The van der Waals surface area contributed by atoms with E-state index in [0.717, 1.165) is 30.0 Å². The third kappa shape index (κ3) is 4.11. The predicted octanol–water partition coefficient (Wildman–Crippen LogP) is 3.75. The first-order chi connectivity index (χ1) is 15.9. The molecule has 2 saturated heterocycles. The van der Waals surface area contributed by atoms with Crippen LogP contribution in [-0.2, 0) is 17.9 Å². The number of anilines is 1. The van der Waals surface area contributed by atoms with Crippen LogP contribution in [0.3, 0.4) is 0 Å². The number of rotatable bonds is 5. The molecule has 2 fully saturated rings. The molecule has 2 aliphatic heterocycles. The van der Waals surface area contributed by atoms with Crippen LogP contribution in [0.15, 0.2) is 59.4 Å². The van der Waals surface area contributed by atoms with Crippen molar-refractivity contribution < 1.29 is 13.7 Å². The van der Waals surface area contributed by atoms with Crippen molar-refractivity contribution in [3.8, 4) is 0 Å². The Balaban J connectivity index is 1.43. The highest BCUT2D eigenvalue weighted by atomic mass is 19.1. The van der Waals surface area contributed by atoms with E-state index in [1.54, 1.807) is 12.3 Å². The van der Waals surface area contributed by atoms with Crippen LogP contribution in [0.4, 0.5) is 10.1 Å². The average Bonchev–Trinajstić information content (AvgIpc) is 3.33. The van der Waals surface area contributed by atoms with Gasteiger partial charge in [0.25, 0.3) is 0 Å². The summed E-state index contributed by atoms with van der Waals surface area (Å²) in [6.07, 6.45) is 4.99. The van der Waals surface area contributed by atoms with Crippen molar-refractivity contribution in [1.82, 2.24) is 19.9 Å². The monoisotopic (exact) mass is 449 g/mol. The van der Waals surface area contributed by atoms with Gasteiger partial charge in [0.2, 0.25) is 5.91 Å². The maximum absolute atomic E-state index is 14.1. The number of nitrogens with zero attached hydrogens (tertiary/aromatic N) is 5. The van der Waals surface area contributed by atoms with Gasteiger partial charge in [0.15, 0.2) is 0 Å². The number of hydrogen-bond acceptors (Lipinski definition) is 6. The number of likely N-dealkylation sites (tertiary alicyclic amines) is 1. The molecule has 5 rings (SSSR count). The molecule has 1 spiro atoms. The van der Waals surface area contributed by atoms with Crippen LogP contribution in [0.5, 0.6) is 0 Å². The van der Waals surface area contributed by atoms with Crippen molar-refractivity contribution in [3.05, 3.63) is 77.7 Å². The van der Waals surface area contributed by atoms with E-state index in [-0.39, 0.29) is 17.8 Å². The summed E-state index contributed by atoms with van der Waals surface area (Å²) in [7, 11) is 0. The van der Waals surface area contributed by atoms with E-state index in [1.165, 1.54) is 12.1 Å². The van der Waals surface area contributed by atoms with Crippen LogP contribution in [0.1, 0.15) is 36.8 Å². The lowest BCUT2D eigenvalue weighted by atomic mass is 9.81. The third-order valence-electron chi connectivity index (χ3n) is 6.84. The summed E-state index contributed by atoms with van der Waals surface area (Å²) in [4.78, 5) is 24.4. The van der Waals surface area contributed by atoms with Crippen molar-refractivity contribution in [2.75, 3.05) is 18.1 Å². The quantitative estimate of drug-likeness (QED) is 0.591. The topological polar surface area (TPSA) is 65.7 Å². The first-order valence-corrected chi connectivity index (χ1v) is 11.3. The lowest BCUT2D eigenvalue weighted by molar-refractivity contribution is -0.134. The minimum Gasteiger partial charge on any atom is -0.361 e. The Morgan fingerprint density at radius 3 is 2.79 bits per heavy atom. The molecule has 2 aromatic heterocycles. The summed E-state index contributed by atoms with van der Waals surface area (Å²) in [5.74, 6) is 0.480. The number of halogens is 1. The zero-order valence-corrected chi connectivity index (χ0v) is 18.9. The highest BCUT2D eigenvalue weighted by Crippen LogP contribution is 2.42. The van der Waals surface area contributed by atoms with Gasteiger partial charge in [-0.1, -0.05) is 17.3 Å². The summed E-state index contributed by atoms with van der Waals surface area (Å²) in [5.41, 5.74) is 1.90. The zero-order valence-electron chi connectivity index (χ0n) is 18.9. The Morgan fingerprint density at radius 1 is 1.21 bits per heavy atom. The van der Waals surface area contributed by atoms with Crippen molar-refractivity contribution >= 4 is 11.6 Å². The Bertz CT molecular complexity index is 1140. The lowest BCUT2D eigenvalue weighted by Crippen LogP contribution is -2.59. The van der Waals surface area contributed by atoms with Gasteiger partial charge in [0, 0.05) is 43.3 Å². The van der Waals surface area contributed by atoms with E-state index in [9.17, 15) is 9.18 Å². The number of benzene rings is 1. The van der Waals surface area contributed by atoms with Gasteiger partial charge in [0.05, 0.1) is 13.2 Å². The molecule has 2 atom stereocenters. The molecule has 33 heavy (non-hydrogen) atoms. The van der Waals surface area contributed by atoms with Gasteiger partial charge < -0.3 is 14.3 Å². The van der Waals surface area contributed by atoms with Crippen molar-refractivity contribution in [2.45, 2.75) is 51.4 Å². The van der Waals surface area contributed by atoms with Gasteiger partial charge in [0.1, 0.15) is 22.8 Å². The van der Waals surface area contributed by atoms with Crippen LogP contribution in [0, 0.1) is 12.7 Å². The molecule has 172 valence electrons. The highest BCUT2D eigenvalue weighted by Gasteiger charge is 2.55. The van der Waals surface area contributed by atoms with Crippen LogP contribution in [-0.4, -0.2) is 50.6 Å². The molecular weight excluding hydrogens is 421 g/mol. The SMILES string of the molecule is Cc1cc(CN2CN(c3cccc(F)c3)C3(CCN(Cc4cccnc4)[C@@H](C)C3)C2=O)no1. The van der Waals surface area contributed by atoms with Crippen molar-refractivity contribution in [3.63, 3.8) is 0 Å². The summed E-state index contributed by atoms with van der Waals surface area (Å²) >= 11 is 0. The van der Waals surface area contributed by atoms with Crippen LogP contribution in [0.25, 0.3) is 0 Å². The van der Waals surface area contributed by atoms with Gasteiger partial charge in [-0.25, -0.2) is 4.39 Å². The molecule has 0 bridgehead atoms. The molecule has 2 aliphatic rings. The van der Waals surface area contributed by atoms with E-state index < -0.39 is 5.54 Å². The predicted molar refractivity (Wildman–Crippen MR) is 122 cm³/mol. The van der Waals surface area contributed by atoms with Gasteiger partial charge in [-0.15, -0.1) is 0 Å². The minimum atomic E-state index is -0.711.